The second-order valence-electron chi connectivity index (χ2n) is 6.07. The second-order valence-corrected chi connectivity index (χ2v) is 11.0. The van der Waals surface area contributed by atoms with Gasteiger partial charge in [0.2, 0.25) is 0 Å². The summed E-state index contributed by atoms with van der Waals surface area (Å²) in [5.74, 6) is 0.458. The highest BCUT2D eigenvalue weighted by atomic mass is 32.2. The highest BCUT2D eigenvalue weighted by Crippen LogP contribution is 2.21. The van der Waals surface area contributed by atoms with Gasteiger partial charge in [-0.3, -0.25) is 0 Å². The summed E-state index contributed by atoms with van der Waals surface area (Å²) in [4.78, 5) is 0.242. The summed E-state index contributed by atoms with van der Waals surface area (Å²) in [7, 11) is 0.00968. The minimum Gasteiger partial charge on any atom is -0.468 e. The van der Waals surface area contributed by atoms with Gasteiger partial charge in [0.1, 0.15) is 5.75 Å². The Morgan fingerprint density at radius 3 is 1.82 bits per heavy atom. The monoisotopic (exact) mass is 426 g/mol. The molecule has 154 valence electrons. The second kappa shape index (κ2) is 10.1. The van der Waals surface area contributed by atoms with Gasteiger partial charge in [-0.05, 0) is 35.4 Å². The average molecular weight is 427 g/mol. The fourth-order valence-electron chi connectivity index (χ4n) is 2.64. The summed E-state index contributed by atoms with van der Waals surface area (Å²) in [6.07, 6.45) is 0. The smallest absolute Gasteiger partial charge is 0.468 e. The third kappa shape index (κ3) is 5.87. The maximum absolute atomic E-state index is 12.7. The Morgan fingerprint density at radius 1 is 0.786 bits per heavy atom. The van der Waals surface area contributed by atoms with Crippen molar-refractivity contribution in [1.82, 2.24) is 0 Å². The molecule has 7 nitrogen and oxygen atoms in total. The van der Waals surface area contributed by atoms with E-state index in [0.29, 0.717) is 17.4 Å². The number of hydrogen-bond donors (Lipinski definition) is 0. The van der Waals surface area contributed by atoms with E-state index in [9.17, 15) is 8.42 Å². The first kappa shape index (κ1) is 22.5. The summed E-state index contributed by atoms with van der Waals surface area (Å²) in [6.45, 7) is 0.109. The maximum Gasteiger partial charge on any atom is 0.504 e. The van der Waals surface area contributed by atoms with E-state index in [1.54, 1.807) is 45.6 Å². The normalized spacial score (nSPS) is 12.1. The lowest BCUT2D eigenvalue weighted by Crippen LogP contribution is -2.45. The zero-order valence-corrected chi connectivity index (χ0v) is 18.3. The van der Waals surface area contributed by atoms with E-state index >= 15 is 0 Å². The minimum atomic E-state index is -3.46. The minimum absolute atomic E-state index is 0.0903. The highest BCUT2D eigenvalue weighted by molar-refractivity contribution is 7.90. The quantitative estimate of drug-likeness (QED) is 0.404. The van der Waals surface area contributed by atoms with E-state index in [1.807, 2.05) is 12.1 Å². The topological polar surface area (TPSA) is 80.3 Å². The fourth-order valence-corrected chi connectivity index (χ4v) is 5.66. The van der Waals surface area contributed by atoms with Gasteiger partial charge in [0.05, 0.1) is 10.6 Å². The summed E-state index contributed by atoms with van der Waals surface area (Å²) >= 11 is 0. The van der Waals surface area contributed by atoms with Crippen LogP contribution in [0, 0.1) is 0 Å². The van der Waals surface area contributed by atoms with Crippen molar-refractivity contribution >= 4 is 18.6 Å². The Balaban J connectivity index is 2.08. The van der Waals surface area contributed by atoms with Crippen LogP contribution in [0.3, 0.4) is 0 Å². The standard InChI is InChI=1S/C19H26O7SSi/c1-22-15-26-18-9-11-19(12-10-18)27(20,21)13-16-5-7-17(8-6-16)14-28(23-2,24-3)25-4/h5-12H,13-15H2,1-4H3. The Labute approximate surface area is 167 Å². The summed E-state index contributed by atoms with van der Waals surface area (Å²) in [5, 5.41) is 0. The summed E-state index contributed by atoms with van der Waals surface area (Å²) in [5.41, 5.74) is 1.65. The lowest BCUT2D eigenvalue weighted by atomic mass is 10.2. The SMILES string of the molecule is COCOc1ccc(S(=O)(=O)Cc2ccc(C[Si](OC)(OC)OC)cc2)cc1. The molecule has 2 aromatic carbocycles. The van der Waals surface area contributed by atoms with Crippen LogP contribution in [0.2, 0.25) is 0 Å². The Hall–Kier alpha value is -1.75. The van der Waals surface area contributed by atoms with Crippen molar-refractivity contribution in [2.24, 2.45) is 0 Å². The Bertz CT molecular complexity index is 823. The molecule has 0 aromatic heterocycles. The number of methoxy groups -OCH3 is 1. The number of benzene rings is 2. The van der Waals surface area contributed by atoms with Crippen LogP contribution in [0.5, 0.6) is 5.75 Å². The fraction of sp³-hybridized carbons (Fsp3) is 0.368. The van der Waals surface area contributed by atoms with Gasteiger partial charge >= 0.3 is 8.80 Å². The lowest BCUT2D eigenvalue weighted by Gasteiger charge is -2.24. The van der Waals surface area contributed by atoms with Gasteiger partial charge in [-0.25, -0.2) is 8.42 Å². The zero-order valence-electron chi connectivity index (χ0n) is 16.5. The zero-order chi connectivity index (χ0) is 20.6. The molecule has 0 fully saturated rings. The number of hydrogen-bond acceptors (Lipinski definition) is 7. The van der Waals surface area contributed by atoms with Crippen molar-refractivity contribution in [1.29, 1.82) is 0 Å². The molecule has 2 rings (SSSR count). The molecule has 0 saturated heterocycles. The Morgan fingerprint density at radius 2 is 1.32 bits per heavy atom. The molecule has 0 amide bonds. The predicted molar refractivity (Wildman–Crippen MR) is 107 cm³/mol. The van der Waals surface area contributed by atoms with Crippen molar-refractivity contribution < 1.29 is 31.2 Å². The number of rotatable bonds is 11. The molecule has 0 spiro atoms. The first-order valence-corrected chi connectivity index (χ1v) is 12.1. The molecule has 0 atom stereocenters. The van der Waals surface area contributed by atoms with E-state index in [4.69, 9.17) is 22.8 Å². The van der Waals surface area contributed by atoms with E-state index < -0.39 is 18.6 Å². The van der Waals surface area contributed by atoms with E-state index in [0.717, 1.165) is 5.56 Å². The molecule has 2 aromatic rings. The first-order chi connectivity index (χ1) is 13.4. The highest BCUT2D eigenvalue weighted by Gasteiger charge is 2.37. The average Bonchev–Trinajstić information content (AvgIpc) is 2.72. The molecular formula is C19H26O7SSi. The Kier molecular flexibility index (Phi) is 8.17. The molecule has 0 aliphatic carbocycles. The van der Waals surface area contributed by atoms with Crippen molar-refractivity contribution in [3.8, 4) is 5.75 Å². The van der Waals surface area contributed by atoms with Crippen molar-refractivity contribution in [3.05, 3.63) is 59.7 Å². The van der Waals surface area contributed by atoms with Gasteiger partial charge in [0.15, 0.2) is 16.6 Å². The first-order valence-electron chi connectivity index (χ1n) is 8.56. The molecule has 9 heteroatoms. The van der Waals surface area contributed by atoms with Crippen LogP contribution in [0.25, 0.3) is 0 Å². The largest absolute Gasteiger partial charge is 0.504 e. The molecule has 0 heterocycles. The third-order valence-corrected chi connectivity index (χ3v) is 8.67. The van der Waals surface area contributed by atoms with Crippen LogP contribution in [0.15, 0.2) is 53.4 Å². The van der Waals surface area contributed by atoms with Crippen LogP contribution in [-0.4, -0.2) is 52.5 Å². The van der Waals surface area contributed by atoms with Crippen LogP contribution >= 0.6 is 0 Å². The van der Waals surface area contributed by atoms with E-state index in [-0.39, 0.29) is 17.4 Å². The van der Waals surface area contributed by atoms with Gasteiger partial charge in [0, 0.05) is 34.5 Å². The third-order valence-electron chi connectivity index (χ3n) is 4.26. The number of ether oxygens (including phenoxy) is 2. The molecule has 0 aliphatic heterocycles. The molecule has 28 heavy (non-hydrogen) atoms. The molecule has 0 unspecified atom stereocenters. The molecule has 0 saturated carbocycles. The van der Waals surface area contributed by atoms with Gasteiger partial charge in [-0.15, -0.1) is 0 Å². The van der Waals surface area contributed by atoms with Gasteiger partial charge < -0.3 is 22.8 Å². The summed E-state index contributed by atoms with van der Waals surface area (Å²) in [6, 6.07) is 14.1. The van der Waals surface area contributed by atoms with Crippen LogP contribution < -0.4 is 4.74 Å². The lowest BCUT2D eigenvalue weighted by molar-refractivity contribution is 0.0511. The van der Waals surface area contributed by atoms with E-state index in [1.165, 1.54) is 19.2 Å². The number of sulfone groups is 1. The molecule has 0 N–H and O–H groups in total. The van der Waals surface area contributed by atoms with Gasteiger partial charge in [-0.2, -0.15) is 0 Å². The van der Waals surface area contributed by atoms with Crippen molar-refractivity contribution in [2.45, 2.75) is 16.7 Å². The van der Waals surface area contributed by atoms with Crippen LogP contribution in [0.4, 0.5) is 0 Å². The van der Waals surface area contributed by atoms with Crippen LogP contribution in [0.1, 0.15) is 11.1 Å². The summed E-state index contributed by atoms with van der Waals surface area (Å²) < 4.78 is 51.7. The molecule has 0 aliphatic rings. The molecule has 0 bridgehead atoms. The van der Waals surface area contributed by atoms with E-state index in [2.05, 4.69) is 0 Å². The van der Waals surface area contributed by atoms with Gasteiger partial charge in [-0.1, -0.05) is 24.3 Å². The van der Waals surface area contributed by atoms with Crippen LogP contribution in [-0.2, 0) is 39.6 Å². The maximum atomic E-state index is 12.7. The molecular weight excluding hydrogens is 400 g/mol. The van der Waals surface area contributed by atoms with Gasteiger partial charge in [0.25, 0.3) is 0 Å². The van der Waals surface area contributed by atoms with Crippen molar-refractivity contribution in [2.75, 3.05) is 35.2 Å². The predicted octanol–water partition coefficient (Wildman–Crippen LogP) is 2.60. The van der Waals surface area contributed by atoms with Crippen molar-refractivity contribution in [3.63, 3.8) is 0 Å². The molecule has 0 radical (unpaired) electrons.